The molecule has 0 amide bonds. The molecule has 0 atom stereocenters. The van der Waals surface area contributed by atoms with Gasteiger partial charge in [-0.05, 0) is 17.7 Å². The fourth-order valence-corrected chi connectivity index (χ4v) is 0.867. The van der Waals surface area contributed by atoms with Crippen LogP contribution in [0.3, 0.4) is 0 Å². The lowest BCUT2D eigenvalue weighted by Gasteiger charge is -2.01. The van der Waals surface area contributed by atoms with E-state index in [2.05, 4.69) is 10.3 Å². The van der Waals surface area contributed by atoms with Gasteiger partial charge in [-0.3, -0.25) is 0 Å². The quantitative estimate of drug-likeness (QED) is 0.708. The monoisotopic (exact) mass is 152 g/mol. The number of hydrogen-bond acceptors (Lipinski definition) is 3. The molecule has 0 aromatic carbocycles. The highest BCUT2D eigenvalue weighted by atomic mass is 16.5. The Morgan fingerprint density at radius 2 is 2.45 bits per heavy atom. The zero-order chi connectivity index (χ0) is 8.10. The molecule has 1 aromatic heterocycles. The molecule has 0 aliphatic heterocycles. The fourth-order valence-electron chi connectivity index (χ4n) is 0.867. The molecular weight excluding hydrogens is 140 g/mol. The van der Waals surface area contributed by atoms with E-state index in [9.17, 15) is 0 Å². The topological polar surface area (TPSA) is 34.1 Å². The van der Waals surface area contributed by atoms with Gasteiger partial charge in [0.05, 0.1) is 6.61 Å². The summed E-state index contributed by atoms with van der Waals surface area (Å²) in [6.45, 7) is 0.636. The van der Waals surface area contributed by atoms with Crippen molar-refractivity contribution in [3.8, 4) is 0 Å². The van der Waals surface area contributed by atoms with E-state index in [1.54, 1.807) is 13.3 Å². The van der Waals surface area contributed by atoms with Crippen molar-refractivity contribution in [3.05, 3.63) is 23.9 Å². The average molecular weight is 152 g/mol. The maximum Gasteiger partial charge on any atom is 0.125 e. The van der Waals surface area contributed by atoms with E-state index < -0.39 is 0 Å². The van der Waals surface area contributed by atoms with Crippen LogP contribution >= 0.6 is 0 Å². The van der Waals surface area contributed by atoms with Crippen molar-refractivity contribution in [1.29, 1.82) is 0 Å². The van der Waals surface area contributed by atoms with Gasteiger partial charge in [0.25, 0.3) is 0 Å². The second kappa shape index (κ2) is 3.93. The minimum Gasteiger partial charge on any atom is -0.380 e. The first kappa shape index (κ1) is 8.01. The second-order valence-electron chi connectivity index (χ2n) is 2.23. The number of ether oxygens (including phenoxy) is 1. The van der Waals surface area contributed by atoms with Crippen LogP contribution in [-0.4, -0.2) is 19.1 Å². The molecule has 0 saturated carbocycles. The number of hydrogen-bond donors (Lipinski definition) is 1. The van der Waals surface area contributed by atoms with Gasteiger partial charge in [0.2, 0.25) is 0 Å². The largest absolute Gasteiger partial charge is 0.380 e. The number of nitrogens with zero attached hydrogens (tertiary/aromatic N) is 1. The molecule has 0 unspecified atom stereocenters. The molecule has 1 aromatic rings. The van der Waals surface area contributed by atoms with E-state index in [0.717, 1.165) is 11.4 Å². The lowest BCUT2D eigenvalue weighted by molar-refractivity contribution is 0.185. The zero-order valence-corrected chi connectivity index (χ0v) is 6.79. The molecule has 0 aliphatic carbocycles. The third kappa shape index (κ3) is 2.20. The van der Waals surface area contributed by atoms with Gasteiger partial charge < -0.3 is 10.1 Å². The molecule has 3 nitrogen and oxygen atoms in total. The lowest BCUT2D eigenvalue weighted by Crippen LogP contribution is -1.94. The Kier molecular flexibility index (Phi) is 2.86. The molecule has 3 heteroatoms. The van der Waals surface area contributed by atoms with Gasteiger partial charge in [-0.2, -0.15) is 0 Å². The third-order valence-corrected chi connectivity index (χ3v) is 1.39. The predicted molar refractivity (Wildman–Crippen MR) is 44.5 cm³/mol. The molecule has 60 valence electrons. The maximum atomic E-state index is 4.97. The molecule has 0 aliphatic rings. The normalized spacial score (nSPS) is 9.64. The number of rotatable bonds is 3. The third-order valence-electron chi connectivity index (χ3n) is 1.39. The van der Waals surface area contributed by atoms with E-state index in [1.165, 1.54) is 0 Å². The highest BCUT2D eigenvalue weighted by Crippen LogP contribution is 2.05. The summed E-state index contributed by atoms with van der Waals surface area (Å²) < 4.78 is 4.97. The van der Waals surface area contributed by atoms with E-state index in [4.69, 9.17) is 4.74 Å². The Labute approximate surface area is 66.4 Å². The lowest BCUT2D eigenvalue weighted by atomic mass is 10.3. The Morgan fingerprint density at radius 3 is 3.09 bits per heavy atom. The summed E-state index contributed by atoms with van der Waals surface area (Å²) >= 11 is 0. The summed E-state index contributed by atoms with van der Waals surface area (Å²) in [5.74, 6) is 0.875. The van der Waals surface area contributed by atoms with Crippen LogP contribution in [-0.2, 0) is 11.3 Å². The Bertz CT molecular complexity index is 225. The van der Waals surface area contributed by atoms with Gasteiger partial charge in [0.1, 0.15) is 5.82 Å². The summed E-state index contributed by atoms with van der Waals surface area (Å²) in [6.07, 6.45) is 1.76. The Morgan fingerprint density at radius 1 is 1.64 bits per heavy atom. The summed E-state index contributed by atoms with van der Waals surface area (Å²) in [5, 5.41) is 2.96. The molecule has 0 bridgehead atoms. The molecule has 0 fully saturated rings. The van der Waals surface area contributed by atoms with Gasteiger partial charge in [-0.1, -0.05) is 0 Å². The maximum absolute atomic E-state index is 4.97. The Balaban J connectivity index is 2.74. The molecule has 0 saturated heterocycles. The standard InChI is InChI=1S/C8H12N2O/c1-9-8-5-7(6-11-2)3-4-10-8/h3-5H,6H2,1-2H3,(H,9,10). The molecular formula is C8H12N2O. The number of pyridine rings is 1. The molecule has 1 rings (SSSR count). The molecule has 1 heterocycles. The van der Waals surface area contributed by atoms with Crippen molar-refractivity contribution in [1.82, 2.24) is 4.98 Å². The molecule has 11 heavy (non-hydrogen) atoms. The van der Waals surface area contributed by atoms with Gasteiger partial charge >= 0.3 is 0 Å². The van der Waals surface area contributed by atoms with Crippen LogP contribution in [0.15, 0.2) is 18.3 Å². The number of nitrogens with one attached hydrogen (secondary N) is 1. The number of anilines is 1. The van der Waals surface area contributed by atoms with Crippen molar-refractivity contribution in [3.63, 3.8) is 0 Å². The minimum absolute atomic E-state index is 0.636. The van der Waals surface area contributed by atoms with Crippen LogP contribution in [0, 0.1) is 0 Å². The van der Waals surface area contributed by atoms with Gasteiger partial charge in [-0.15, -0.1) is 0 Å². The SMILES string of the molecule is CNc1cc(COC)ccn1. The van der Waals surface area contributed by atoms with Crippen molar-refractivity contribution < 1.29 is 4.74 Å². The van der Waals surface area contributed by atoms with Crippen LogP contribution in [0.4, 0.5) is 5.82 Å². The second-order valence-corrected chi connectivity index (χ2v) is 2.23. The van der Waals surface area contributed by atoms with E-state index in [1.807, 2.05) is 19.2 Å². The first-order valence-electron chi connectivity index (χ1n) is 3.48. The van der Waals surface area contributed by atoms with Crippen LogP contribution < -0.4 is 5.32 Å². The van der Waals surface area contributed by atoms with E-state index in [-0.39, 0.29) is 0 Å². The van der Waals surface area contributed by atoms with Gasteiger partial charge in [0, 0.05) is 20.4 Å². The zero-order valence-electron chi connectivity index (χ0n) is 6.79. The molecule has 0 radical (unpaired) electrons. The van der Waals surface area contributed by atoms with Crippen molar-refractivity contribution >= 4 is 5.82 Å². The van der Waals surface area contributed by atoms with Crippen LogP contribution in [0.1, 0.15) is 5.56 Å². The minimum atomic E-state index is 0.636. The highest BCUT2D eigenvalue weighted by molar-refractivity contribution is 5.36. The first-order chi connectivity index (χ1) is 5.36. The Hall–Kier alpha value is -1.09. The summed E-state index contributed by atoms with van der Waals surface area (Å²) in [7, 11) is 3.53. The van der Waals surface area contributed by atoms with Crippen molar-refractivity contribution in [2.45, 2.75) is 6.61 Å². The smallest absolute Gasteiger partial charge is 0.125 e. The summed E-state index contributed by atoms with van der Waals surface area (Å²) in [5.41, 5.74) is 1.13. The molecule has 0 spiro atoms. The van der Waals surface area contributed by atoms with Crippen LogP contribution in [0.2, 0.25) is 0 Å². The predicted octanol–water partition coefficient (Wildman–Crippen LogP) is 1.27. The fraction of sp³-hybridized carbons (Fsp3) is 0.375. The molecule has 1 N–H and O–H groups in total. The van der Waals surface area contributed by atoms with Crippen molar-refractivity contribution in [2.24, 2.45) is 0 Å². The summed E-state index contributed by atoms with van der Waals surface area (Å²) in [4.78, 5) is 4.07. The first-order valence-corrected chi connectivity index (χ1v) is 3.48. The van der Waals surface area contributed by atoms with Crippen LogP contribution in [0.25, 0.3) is 0 Å². The van der Waals surface area contributed by atoms with Crippen molar-refractivity contribution in [2.75, 3.05) is 19.5 Å². The van der Waals surface area contributed by atoms with Crippen LogP contribution in [0.5, 0.6) is 0 Å². The van der Waals surface area contributed by atoms with E-state index in [0.29, 0.717) is 6.61 Å². The number of methoxy groups -OCH3 is 1. The van der Waals surface area contributed by atoms with E-state index >= 15 is 0 Å². The summed E-state index contributed by atoms with van der Waals surface area (Å²) in [6, 6.07) is 3.90. The van der Waals surface area contributed by atoms with Gasteiger partial charge in [0.15, 0.2) is 0 Å². The number of aromatic nitrogens is 1. The van der Waals surface area contributed by atoms with Gasteiger partial charge in [-0.25, -0.2) is 4.98 Å². The highest BCUT2D eigenvalue weighted by Gasteiger charge is 1.92. The average Bonchev–Trinajstić information content (AvgIpc) is 2.06.